The van der Waals surface area contributed by atoms with E-state index in [0.717, 1.165) is 76.6 Å². The smallest absolute Gasteiger partial charge is 0.219 e. The molecule has 33 heavy (non-hydrogen) atoms. The Morgan fingerprint density at radius 1 is 1.21 bits per heavy atom. The summed E-state index contributed by atoms with van der Waals surface area (Å²) in [5.41, 5.74) is 4.04. The van der Waals surface area contributed by atoms with E-state index >= 15 is 0 Å². The number of halogens is 2. The largest absolute Gasteiger partial charge is 0.356 e. The van der Waals surface area contributed by atoms with Gasteiger partial charge in [-0.2, -0.15) is 0 Å². The first-order valence-electron chi connectivity index (χ1n) is 11.8. The Hall–Kier alpha value is -2.32. The molecule has 0 N–H and O–H groups in total. The Bertz CT molecular complexity index is 1180. The highest BCUT2D eigenvalue weighted by Gasteiger charge is 2.27. The zero-order valence-corrected chi connectivity index (χ0v) is 19.9. The first kappa shape index (κ1) is 22.5. The minimum atomic E-state index is -0.907. The van der Waals surface area contributed by atoms with Gasteiger partial charge in [0, 0.05) is 47.1 Å². The fourth-order valence-corrected chi connectivity index (χ4v) is 6.79. The van der Waals surface area contributed by atoms with Crippen molar-refractivity contribution in [3.05, 3.63) is 50.3 Å². The number of benzene rings is 1. The number of thiophene rings is 1. The molecule has 4 heterocycles. The van der Waals surface area contributed by atoms with E-state index in [0.29, 0.717) is 11.0 Å². The number of fused-ring (bicyclic) bond motifs is 2. The highest BCUT2D eigenvalue weighted by Crippen LogP contribution is 2.36. The lowest BCUT2D eigenvalue weighted by Crippen LogP contribution is -2.34. The third-order valence-corrected chi connectivity index (χ3v) is 8.54. The molecule has 176 valence electrons. The van der Waals surface area contributed by atoms with E-state index in [4.69, 9.17) is 4.52 Å². The number of hydrogen-bond acceptors (Lipinski definition) is 5. The van der Waals surface area contributed by atoms with Gasteiger partial charge in [-0.25, -0.2) is 8.78 Å². The van der Waals surface area contributed by atoms with Crippen LogP contribution in [0, 0.1) is 11.6 Å². The SMILES string of the molecule is CCc1c(CCN2CCC(c3noc4cc(F)c(F)cc34)CC2)sc2c1CCN(C(C)=O)C2. The number of hydrogen-bond donors (Lipinski definition) is 0. The summed E-state index contributed by atoms with van der Waals surface area (Å²) >= 11 is 1.89. The van der Waals surface area contributed by atoms with E-state index in [9.17, 15) is 13.6 Å². The highest BCUT2D eigenvalue weighted by atomic mass is 32.1. The van der Waals surface area contributed by atoms with Crippen LogP contribution in [0.5, 0.6) is 0 Å². The van der Waals surface area contributed by atoms with Gasteiger partial charge in [0.1, 0.15) is 0 Å². The second kappa shape index (κ2) is 9.14. The Morgan fingerprint density at radius 3 is 2.70 bits per heavy atom. The summed E-state index contributed by atoms with van der Waals surface area (Å²) in [6.07, 6.45) is 4.89. The van der Waals surface area contributed by atoms with Crippen LogP contribution in [-0.4, -0.2) is 47.0 Å². The van der Waals surface area contributed by atoms with Crippen LogP contribution in [0.3, 0.4) is 0 Å². The van der Waals surface area contributed by atoms with Crippen LogP contribution in [0.4, 0.5) is 8.78 Å². The van der Waals surface area contributed by atoms with Gasteiger partial charge in [0.15, 0.2) is 17.2 Å². The first-order chi connectivity index (χ1) is 15.9. The van der Waals surface area contributed by atoms with Gasteiger partial charge < -0.3 is 14.3 Å². The third kappa shape index (κ3) is 4.30. The van der Waals surface area contributed by atoms with Gasteiger partial charge in [0.25, 0.3) is 0 Å². The monoisotopic (exact) mass is 473 g/mol. The van der Waals surface area contributed by atoms with Gasteiger partial charge in [-0.05, 0) is 62.4 Å². The summed E-state index contributed by atoms with van der Waals surface area (Å²) in [7, 11) is 0. The van der Waals surface area contributed by atoms with E-state index in [1.807, 2.05) is 16.2 Å². The molecular formula is C25H29F2N3O2S. The van der Waals surface area contributed by atoms with Gasteiger partial charge >= 0.3 is 0 Å². The van der Waals surface area contributed by atoms with Crippen molar-refractivity contribution in [2.75, 3.05) is 26.2 Å². The molecule has 2 aromatic heterocycles. The van der Waals surface area contributed by atoms with Crippen LogP contribution >= 0.6 is 11.3 Å². The first-order valence-corrected chi connectivity index (χ1v) is 12.6. The molecule has 2 aliphatic rings. The molecule has 2 aliphatic heterocycles. The predicted molar refractivity (Wildman–Crippen MR) is 125 cm³/mol. The number of piperidine rings is 1. The van der Waals surface area contributed by atoms with Crippen LogP contribution in [0.2, 0.25) is 0 Å². The molecule has 0 atom stereocenters. The molecule has 5 rings (SSSR count). The fraction of sp³-hybridized carbons (Fsp3) is 0.520. The molecule has 3 aromatic rings. The van der Waals surface area contributed by atoms with Gasteiger partial charge in [0.2, 0.25) is 5.91 Å². The Balaban J connectivity index is 1.21. The minimum Gasteiger partial charge on any atom is -0.356 e. The van der Waals surface area contributed by atoms with Gasteiger partial charge in [-0.15, -0.1) is 11.3 Å². The Kier molecular flexibility index (Phi) is 6.22. The van der Waals surface area contributed by atoms with Gasteiger partial charge in [0.05, 0.1) is 12.2 Å². The van der Waals surface area contributed by atoms with Gasteiger partial charge in [-0.3, -0.25) is 4.79 Å². The molecule has 0 bridgehead atoms. The number of carbonyl (C=O) groups is 1. The average molecular weight is 474 g/mol. The summed E-state index contributed by atoms with van der Waals surface area (Å²) < 4.78 is 32.5. The van der Waals surface area contributed by atoms with Crippen molar-refractivity contribution in [3.63, 3.8) is 0 Å². The molecule has 1 aromatic carbocycles. The van der Waals surface area contributed by atoms with Crippen molar-refractivity contribution in [1.29, 1.82) is 0 Å². The molecule has 0 radical (unpaired) electrons. The van der Waals surface area contributed by atoms with Crippen molar-refractivity contribution in [3.8, 4) is 0 Å². The quantitative estimate of drug-likeness (QED) is 0.520. The van der Waals surface area contributed by atoms with Crippen molar-refractivity contribution in [2.24, 2.45) is 0 Å². The second-order valence-electron chi connectivity index (χ2n) is 9.15. The highest BCUT2D eigenvalue weighted by molar-refractivity contribution is 7.12. The standard InChI is InChI=1S/C25H29F2N3O2S/c1-3-17-18-6-11-30(15(2)31)14-24(18)33-23(17)7-10-29-8-4-16(5-9-29)25-19-12-20(26)21(27)13-22(19)32-28-25/h12-13,16H,3-11,14H2,1-2H3. The minimum absolute atomic E-state index is 0.157. The zero-order chi connectivity index (χ0) is 23.1. The predicted octanol–water partition coefficient (Wildman–Crippen LogP) is 5.06. The summed E-state index contributed by atoms with van der Waals surface area (Å²) in [6.45, 7) is 8.37. The molecular weight excluding hydrogens is 444 g/mol. The Labute approximate surface area is 196 Å². The summed E-state index contributed by atoms with van der Waals surface area (Å²) in [6, 6.07) is 2.29. The van der Waals surface area contributed by atoms with Crippen LogP contribution in [0.25, 0.3) is 11.0 Å². The zero-order valence-electron chi connectivity index (χ0n) is 19.1. The maximum absolute atomic E-state index is 13.7. The normalized spacial score (nSPS) is 17.6. The van der Waals surface area contributed by atoms with Crippen LogP contribution in [0.1, 0.15) is 59.2 Å². The summed E-state index contributed by atoms with van der Waals surface area (Å²) in [5, 5.41) is 4.73. The second-order valence-corrected chi connectivity index (χ2v) is 10.3. The molecule has 1 amide bonds. The third-order valence-electron chi connectivity index (χ3n) is 7.22. The van der Waals surface area contributed by atoms with Crippen LogP contribution in [-0.2, 0) is 30.6 Å². The molecule has 0 saturated carbocycles. The van der Waals surface area contributed by atoms with Crippen molar-refractivity contribution in [2.45, 2.75) is 58.4 Å². The van der Waals surface area contributed by atoms with E-state index in [1.165, 1.54) is 26.9 Å². The molecule has 0 aliphatic carbocycles. The van der Waals surface area contributed by atoms with Crippen molar-refractivity contribution in [1.82, 2.24) is 15.0 Å². The maximum Gasteiger partial charge on any atom is 0.219 e. The number of aromatic nitrogens is 1. The van der Waals surface area contributed by atoms with E-state index in [1.54, 1.807) is 6.92 Å². The Morgan fingerprint density at radius 2 is 1.97 bits per heavy atom. The van der Waals surface area contributed by atoms with Crippen LogP contribution < -0.4 is 0 Å². The maximum atomic E-state index is 13.7. The number of carbonyl (C=O) groups excluding carboxylic acids is 1. The summed E-state index contributed by atoms with van der Waals surface area (Å²) in [5.74, 6) is -1.41. The topological polar surface area (TPSA) is 49.6 Å². The van der Waals surface area contributed by atoms with Gasteiger partial charge in [-0.1, -0.05) is 12.1 Å². The molecule has 1 saturated heterocycles. The molecule has 1 fully saturated rings. The van der Waals surface area contributed by atoms with E-state index < -0.39 is 11.6 Å². The lowest BCUT2D eigenvalue weighted by Gasteiger charge is -2.31. The van der Waals surface area contributed by atoms with E-state index in [-0.39, 0.29) is 11.8 Å². The number of likely N-dealkylation sites (tertiary alicyclic amines) is 1. The lowest BCUT2D eigenvalue weighted by atomic mass is 9.91. The van der Waals surface area contributed by atoms with E-state index in [2.05, 4.69) is 17.0 Å². The fourth-order valence-electron chi connectivity index (χ4n) is 5.34. The van der Waals surface area contributed by atoms with Crippen LogP contribution in [0.15, 0.2) is 16.7 Å². The molecule has 0 spiro atoms. The summed E-state index contributed by atoms with van der Waals surface area (Å²) in [4.78, 5) is 19.1. The lowest BCUT2D eigenvalue weighted by molar-refractivity contribution is -0.129. The van der Waals surface area contributed by atoms with Crippen molar-refractivity contribution >= 4 is 28.2 Å². The molecule has 0 unspecified atom stereocenters. The molecule has 5 nitrogen and oxygen atoms in total. The number of nitrogens with zero attached hydrogens (tertiary/aromatic N) is 3. The van der Waals surface area contributed by atoms with Crippen molar-refractivity contribution < 1.29 is 18.1 Å². The number of rotatable bonds is 5. The molecule has 8 heteroatoms. The average Bonchev–Trinajstić information content (AvgIpc) is 3.38. The number of amides is 1.